The number of fused-ring (bicyclic) bond motifs is 4. The Morgan fingerprint density at radius 2 is 0.920 bits per heavy atom. The zero-order valence-corrected chi connectivity index (χ0v) is 13.6. The summed E-state index contributed by atoms with van der Waals surface area (Å²) in [4.78, 5) is 0. The van der Waals surface area contributed by atoms with Crippen molar-refractivity contribution >= 4 is 43.1 Å². The predicted molar refractivity (Wildman–Crippen MR) is 108 cm³/mol. The lowest BCUT2D eigenvalue weighted by Gasteiger charge is -2.10. The molecule has 0 atom stereocenters. The summed E-state index contributed by atoms with van der Waals surface area (Å²) in [6.07, 6.45) is 0. The molecule has 2 N–H and O–H groups in total. The van der Waals surface area contributed by atoms with Gasteiger partial charge in [0.05, 0.1) is 0 Å². The van der Waals surface area contributed by atoms with E-state index >= 15 is 0 Å². The normalized spacial score (nSPS) is 11.0. The van der Waals surface area contributed by atoms with Gasteiger partial charge in [0, 0.05) is 11.6 Å². The molecule has 0 fully saturated rings. The Kier molecular flexibility index (Phi) is 2.92. The maximum Gasteiger partial charge on any atom is 0.0421 e. The molecule has 0 bridgehead atoms. The summed E-state index contributed by atoms with van der Waals surface area (Å²) in [5.74, 6) is 3.15. The number of rotatable bonds is 0. The Morgan fingerprint density at radius 1 is 0.520 bits per heavy atom. The maximum absolute atomic E-state index is 5.61. The maximum atomic E-state index is 5.61. The first-order valence-electron chi connectivity index (χ1n) is 8.33. The summed E-state index contributed by atoms with van der Waals surface area (Å²) in [5.41, 5.74) is 6.61. The van der Waals surface area contributed by atoms with Crippen LogP contribution in [0.25, 0.3) is 43.1 Å². The number of benzene rings is 5. The van der Waals surface area contributed by atoms with E-state index in [1.807, 2.05) is 0 Å². The highest BCUT2D eigenvalue weighted by atomic mass is 14.5. The van der Waals surface area contributed by atoms with Crippen LogP contribution in [0.15, 0.2) is 78.9 Å². The molecule has 5 aromatic carbocycles. The lowest BCUT2D eigenvalue weighted by Crippen LogP contribution is -1.88. The first-order chi connectivity index (χ1) is 12.3. The molecule has 5 aromatic rings. The Labute approximate surface area is 145 Å². The van der Waals surface area contributed by atoms with Gasteiger partial charge in [-0.15, -0.1) is 0 Å². The lowest BCUT2D eigenvalue weighted by atomic mass is 9.93. The average Bonchev–Trinajstić information content (AvgIpc) is 2.65. The van der Waals surface area contributed by atoms with Crippen molar-refractivity contribution in [1.82, 2.24) is 0 Å². The van der Waals surface area contributed by atoms with Crippen molar-refractivity contribution in [3.63, 3.8) is 0 Å². The van der Waals surface area contributed by atoms with Gasteiger partial charge in [0.15, 0.2) is 0 Å². The fraction of sp³-hybridized carbons (Fsp3) is 0. The van der Waals surface area contributed by atoms with Crippen molar-refractivity contribution in [2.45, 2.75) is 0 Å². The van der Waals surface area contributed by atoms with Crippen LogP contribution in [0.1, 0.15) is 5.56 Å². The summed E-state index contributed by atoms with van der Waals surface area (Å²) >= 11 is 0. The van der Waals surface area contributed by atoms with E-state index in [2.05, 4.69) is 90.8 Å². The van der Waals surface area contributed by atoms with Crippen molar-refractivity contribution in [3.05, 3.63) is 84.4 Å². The smallest absolute Gasteiger partial charge is 0.0421 e. The molecular weight excluding hydrogens is 302 g/mol. The minimum absolute atomic E-state index is 1.01. The van der Waals surface area contributed by atoms with Gasteiger partial charge < -0.3 is 5.73 Å². The summed E-state index contributed by atoms with van der Waals surface area (Å²) in [6.45, 7) is 0. The molecule has 0 unspecified atom stereocenters. The van der Waals surface area contributed by atoms with Gasteiger partial charge in [-0.25, -0.2) is 0 Å². The molecule has 0 aromatic heterocycles. The molecule has 25 heavy (non-hydrogen) atoms. The van der Waals surface area contributed by atoms with E-state index in [4.69, 9.17) is 5.73 Å². The largest absolute Gasteiger partial charge is 0.359 e. The zero-order valence-electron chi connectivity index (χ0n) is 13.6. The fourth-order valence-electron chi connectivity index (χ4n) is 3.71. The summed E-state index contributed by atoms with van der Waals surface area (Å²) < 4.78 is 0. The zero-order chi connectivity index (χ0) is 16.8. The second-order valence-electron chi connectivity index (χ2n) is 6.36. The van der Waals surface area contributed by atoms with Crippen LogP contribution < -0.4 is 5.73 Å². The van der Waals surface area contributed by atoms with Gasteiger partial charge in [-0.2, -0.15) is 0 Å². The Balaban J connectivity index is 2.02. The molecular formula is C24H15N. The van der Waals surface area contributed by atoms with Crippen LogP contribution in [0.3, 0.4) is 0 Å². The lowest BCUT2D eigenvalue weighted by molar-refractivity contribution is 1.71. The second kappa shape index (κ2) is 5.26. The highest BCUT2D eigenvalue weighted by Gasteiger charge is 2.09. The molecule has 116 valence electrons. The number of hydrogen-bond acceptors (Lipinski definition) is 1. The summed E-state index contributed by atoms with van der Waals surface area (Å²) in [7, 11) is 0. The van der Waals surface area contributed by atoms with Crippen LogP contribution in [0.5, 0.6) is 0 Å². The van der Waals surface area contributed by atoms with E-state index in [-0.39, 0.29) is 0 Å². The molecule has 0 aliphatic carbocycles. The molecule has 0 radical (unpaired) electrons. The average molecular weight is 317 g/mol. The quantitative estimate of drug-likeness (QED) is 0.226. The van der Waals surface area contributed by atoms with Crippen LogP contribution in [0, 0.1) is 12.0 Å². The van der Waals surface area contributed by atoms with Crippen LogP contribution in [-0.2, 0) is 0 Å². The molecule has 0 spiro atoms. The minimum atomic E-state index is 1.01. The van der Waals surface area contributed by atoms with Crippen molar-refractivity contribution in [3.8, 4) is 12.0 Å². The van der Waals surface area contributed by atoms with E-state index < -0.39 is 0 Å². The van der Waals surface area contributed by atoms with E-state index in [0.29, 0.717) is 0 Å². The SMILES string of the molecule is NC#Cc1c2cc3ccccc3cc2cc2cc3ccccc3cc12. The van der Waals surface area contributed by atoms with Crippen LogP contribution in [0.2, 0.25) is 0 Å². The summed E-state index contributed by atoms with van der Waals surface area (Å²) in [5, 5.41) is 9.60. The second-order valence-corrected chi connectivity index (χ2v) is 6.36. The third-order valence-electron chi connectivity index (χ3n) is 4.88. The topological polar surface area (TPSA) is 26.0 Å². The van der Waals surface area contributed by atoms with E-state index in [1.54, 1.807) is 0 Å². The van der Waals surface area contributed by atoms with Gasteiger partial charge in [0.2, 0.25) is 0 Å². The van der Waals surface area contributed by atoms with Crippen molar-refractivity contribution in [1.29, 1.82) is 0 Å². The fourth-order valence-corrected chi connectivity index (χ4v) is 3.71. The summed E-state index contributed by atoms with van der Waals surface area (Å²) in [6, 6.07) is 30.6. The van der Waals surface area contributed by atoms with Gasteiger partial charge in [0.1, 0.15) is 0 Å². The molecule has 0 saturated carbocycles. The van der Waals surface area contributed by atoms with E-state index in [9.17, 15) is 0 Å². The van der Waals surface area contributed by atoms with E-state index in [1.165, 1.54) is 32.3 Å². The van der Waals surface area contributed by atoms with Gasteiger partial charge in [-0.05, 0) is 79.3 Å². The highest BCUT2D eigenvalue weighted by Crippen LogP contribution is 2.33. The van der Waals surface area contributed by atoms with Crippen molar-refractivity contribution in [2.24, 2.45) is 5.73 Å². The Bertz CT molecular complexity index is 1260. The molecule has 5 rings (SSSR count). The molecule has 0 amide bonds. The molecule has 1 nitrogen and oxygen atoms in total. The standard InChI is InChI=1S/C24H15N/c25-10-9-22-23-14-18-7-3-1-5-16(18)11-20(23)13-21-12-17-6-2-4-8-19(17)15-24(21)22/h1-8,11-15H,25H2. The predicted octanol–water partition coefficient (Wildman–Crippen LogP) is 5.57. The molecule has 0 aliphatic rings. The molecule has 0 aliphatic heterocycles. The van der Waals surface area contributed by atoms with Crippen LogP contribution >= 0.6 is 0 Å². The monoisotopic (exact) mass is 317 g/mol. The third-order valence-corrected chi connectivity index (χ3v) is 4.88. The minimum Gasteiger partial charge on any atom is -0.359 e. The molecule has 1 heteroatoms. The highest BCUT2D eigenvalue weighted by molar-refractivity contribution is 6.12. The van der Waals surface area contributed by atoms with E-state index in [0.717, 1.165) is 16.3 Å². The number of nitrogens with two attached hydrogens (primary N) is 1. The Morgan fingerprint density at radius 3 is 1.36 bits per heavy atom. The number of hydrogen-bond donors (Lipinski definition) is 1. The van der Waals surface area contributed by atoms with Gasteiger partial charge in [-0.1, -0.05) is 48.5 Å². The molecule has 0 heterocycles. The van der Waals surface area contributed by atoms with Crippen LogP contribution in [-0.4, -0.2) is 0 Å². The molecule has 0 saturated heterocycles. The van der Waals surface area contributed by atoms with Gasteiger partial charge in [-0.3, -0.25) is 0 Å². The van der Waals surface area contributed by atoms with Gasteiger partial charge >= 0.3 is 0 Å². The first-order valence-corrected chi connectivity index (χ1v) is 8.33. The van der Waals surface area contributed by atoms with Gasteiger partial charge in [0.25, 0.3) is 0 Å². The van der Waals surface area contributed by atoms with Crippen molar-refractivity contribution in [2.75, 3.05) is 0 Å². The van der Waals surface area contributed by atoms with Crippen LogP contribution in [0.4, 0.5) is 0 Å². The third kappa shape index (κ3) is 2.12. The van der Waals surface area contributed by atoms with Crippen molar-refractivity contribution < 1.29 is 0 Å². The first kappa shape index (κ1) is 13.9. The Hall–Kier alpha value is -3.50.